The zero-order valence-corrected chi connectivity index (χ0v) is 14.3. The molecule has 1 heterocycles. The van der Waals surface area contributed by atoms with Gasteiger partial charge in [0.25, 0.3) is 0 Å². The maximum atomic E-state index is 6.26. The smallest absolute Gasteiger partial charge is 0.128 e. The molecule has 2 rings (SSSR count). The SMILES string of the molecule is CC(C)NCc1cc(N(C)CC2CCCCC2)ncc1Cl. The van der Waals surface area contributed by atoms with Crippen molar-refractivity contribution in [2.24, 2.45) is 5.92 Å². The summed E-state index contributed by atoms with van der Waals surface area (Å²) in [4.78, 5) is 6.78. The highest BCUT2D eigenvalue weighted by molar-refractivity contribution is 6.31. The Morgan fingerprint density at radius 1 is 1.33 bits per heavy atom. The van der Waals surface area contributed by atoms with E-state index >= 15 is 0 Å². The lowest BCUT2D eigenvalue weighted by molar-refractivity contribution is 0.361. The van der Waals surface area contributed by atoms with Gasteiger partial charge in [-0.25, -0.2) is 4.98 Å². The number of hydrogen-bond donors (Lipinski definition) is 1. The molecule has 3 nitrogen and oxygen atoms in total. The average Bonchev–Trinajstić information content (AvgIpc) is 2.47. The van der Waals surface area contributed by atoms with Gasteiger partial charge in [-0.3, -0.25) is 0 Å². The lowest BCUT2D eigenvalue weighted by Gasteiger charge is -2.28. The van der Waals surface area contributed by atoms with Gasteiger partial charge < -0.3 is 10.2 Å². The maximum Gasteiger partial charge on any atom is 0.128 e. The lowest BCUT2D eigenvalue weighted by Crippen LogP contribution is -2.28. The fraction of sp³-hybridized carbons (Fsp3) is 0.706. The van der Waals surface area contributed by atoms with Crippen LogP contribution in [0.25, 0.3) is 0 Å². The van der Waals surface area contributed by atoms with E-state index in [2.05, 4.69) is 42.2 Å². The molecule has 0 radical (unpaired) electrons. The number of aromatic nitrogens is 1. The molecule has 1 N–H and O–H groups in total. The standard InChI is InChI=1S/C17H28ClN3/c1-13(2)19-10-15-9-17(20-11-16(15)18)21(3)12-14-7-5-4-6-8-14/h9,11,13-14,19H,4-8,10,12H2,1-3H3. The average molecular weight is 310 g/mol. The first-order chi connectivity index (χ1) is 10.1. The molecule has 1 aliphatic carbocycles. The molecule has 0 saturated heterocycles. The van der Waals surface area contributed by atoms with E-state index in [-0.39, 0.29) is 0 Å². The summed E-state index contributed by atoms with van der Waals surface area (Å²) < 4.78 is 0. The Kier molecular flexibility index (Phi) is 6.31. The highest BCUT2D eigenvalue weighted by Crippen LogP contribution is 2.26. The van der Waals surface area contributed by atoms with Crippen LogP contribution in [0.3, 0.4) is 0 Å². The van der Waals surface area contributed by atoms with Crippen LogP contribution in [0.5, 0.6) is 0 Å². The molecule has 21 heavy (non-hydrogen) atoms. The van der Waals surface area contributed by atoms with E-state index in [1.54, 1.807) is 6.20 Å². The molecule has 0 atom stereocenters. The van der Waals surface area contributed by atoms with Crippen LogP contribution in [-0.2, 0) is 6.54 Å². The van der Waals surface area contributed by atoms with Crippen molar-refractivity contribution in [3.8, 4) is 0 Å². The minimum absolute atomic E-state index is 0.456. The number of anilines is 1. The minimum Gasteiger partial charge on any atom is -0.359 e. The highest BCUT2D eigenvalue weighted by Gasteiger charge is 2.16. The Morgan fingerprint density at radius 2 is 2.05 bits per heavy atom. The van der Waals surface area contributed by atoms with Crippen molar-refractivity contribution in [2.45, 2.75) is 58.5 Å². The molecule has 0 aromatic carbocycles. The number of nitrogens with one attached hydrogen (secondary N) is 1. The van der Waals surface area contributed by atoms with Crippen molar-refractivity contribution in [3.05, 3.63) is 22.8 Å². The van der Waals surface area contributed by atoms with Crippen molar-refractivity contribution in [2.75, 3.05) is 18.5 Å². The summed E-state index contributed by atoms with van der Waals surface area (Å²) in [5.41, 5.74) is 1.13. The van der Waals surface area contributed by atoms with Crippen LogP contribution in [0.15, 0.2) is 12.3 Å². The molecule has 0 unspecified atom stereocenters. The van der Waals surface area contributed by atoms with Crippen LogP contribution in [0.2, 0.25) is 5.02 Å². The fourth-order valence-corrected chi connectivity index (χ4v) is 3.15. The summed E-state index contributed by atoms with van der Waals surface area (Å²) in [6, 6.07) is 2.58. The Balaban J connectivity index is 1.99. The summed E-state index contributed by atoms with van der Waals surface area (Å²) in [5, 5.41) is 4.17. The third-order valence-corrected chi connectivity index (χ3v) is 4.61. The first-order valence-electron chi connectivity index (χ1n) is 8.15. The molecule has 0 bridgehead atoms. The van der Waals surface area contributed by atoms with E-state index in [9.17, 15) is 0 Å². The normalized spacial score (nSPS) is 16.4. The van der Waals surface area contributed by atoms with Gasteiger partial charge in [-0.15, -0.1) is 0 Å². The van der Waals surface area contributed by atoms with Gasteiger partial charge in [0.1, 0.15) is 5.82 Å². The Morgan fingerprint density at radius 3 is 2.71 bits per heavy atom. The van der Waals surface area contributed by atoms with Gasteiger partial charge in [0, 0.05) is 32.4 Å². The number of nitrogens with zero attached hydrogens (tertiary/aromatic N) is 2. The van der Waals surface area contributed by atoms with Crippen LogP contribution in [0.4, 0.5) is 5.82 Å². The topological polar surface area (TPSA) is 28.2 Å². The van der Waals surface area contributed by atoms with Crippen molar-refractivity contribution in [1.29, 1.82) is 0 Å². The summed E-state index contributed by atoms with van der Waals surface area (Å²) in [6.45, 7) is 6.19. The monoisotopic (exact) mass is 309 g/mol. The predicted molar refractivity (Wildman–Crippen MR) is 91.1 cm³/mol. The second kappa shape index (κ2) is 8.00. The van der Waals surface area contributed by atoms with Crippen LogP contribution in [-0.4, -0.2) is 24.6 Å². The van der Waals surface area contributed by atoms with E-state index in [1.807, 2.05) is 0 Å². The van der Waals surface area contributed by atoms with E-state index in [0.717, 1.165) is 35.4 Å². The van der Waals surface area contributed by atoms with Crippen LogP contribution < -0.4 is 10.2 Å². The molecule has 1 aliphatic rings. The van der Waals surface area contributed by atoms with Crippen molar-refractivity contribution >= 4 is 17.4 Å². The van der Waals surface area contributed by atoms with Crippen LogP contribution >= 0.6 is 11.6 Å². The molecular weight excluding hydrogens is 282 g/mol. The molecule has 1 aromatic heterocycles. The maximum absolute atomic E-state index is 6.26. The van der Waals surface area contributed by atoms with Gasteiger partial charge in [0.2, 0.25) is 0 Å². The van der Waals surface area contributed by atoms with E-state index in [1.165, 1.54) is 32.1 Å². The van der Waals surface area contributed by atoms with Crippen molar-refractivity contribution in [1.82, 2.24) is 10.3 Å². The Bertz CT molecular complexity index is 442. The van der Waals surface area contributed by atoms with Gasteiger partial charge in [-0.05, 0) is 30.4 Å². The molecule has 1 saturated carbocycles. The number of hydrogen-bond acceptors (Lipinski definition) is 3. The molecule has 118 valence electrons. The molecule has 4 heteroatoms. The van der Waals surface area contributed by atoms with Gasteiger partial charge in [0.15, 0.2) is 0 Å². The number of rotatable bonds is 6. The highest BCUT2D eigenvalue weighted by atomic mass is 35.5. The summed E-state index contributed by atoms with van der Waals surface area (Å²) in [7, 11) is 2.14. The van der Waals surface area contributed by atoms with Crippen molar-refractivity contribution in [3.63, 3.8) is 0 Å². The fourth-order valence-electron chi connectivity index (χ4n) is 2.98. The Hall–Kier alpha value is -0.800. The molecule has 0 aliphatic heterocycles. The van der Waals surface area contributed by atoms with Crippen molar-refractivity contribution < 1.29 is 0 Å². The third kappa shape index (κ3) is 5.15. The molecule has 1 fully saturated rings. The Labute approximate surface area is 134 Å². The summed E-state index contributed by atoms with van der Waals surface area (Å²) in [6.07, 6.45) is 8.68. The van der Waals surface area contributed by atoms with E-state index in [0.29, 0.717) is 6.04 Å². The lowest BCUT2D eigenvalue weighted by atomic mass is 9.89. The van der Waals surface area contributed by atoms with E-state index < -0.39 is 0 Å². The predicted octanol–water partition coefficient (Wildman–Crippen LogP) is 4.25. The summed E-state index contributed by atoms with van der Waals surface area (Å²) >= 11 is 6.26. The molecule has 0 spiro atoms. The second-order valence-corrected chi connectivity index (χ2v) is 6.96. The first-order valence-corrected chi connectivity index (χ1v) is 8.53. The second-order valence-electron chi connectivity index (χ2n) is 6.55. The van der Waals surface area contributed by atoms with Gasteiger partial charge in [-0.1, -0.05) is 44.7 Å². The summed E-state index contributed by atoms with van der Waals surface area (Å²) in [5.74, 6) is 1.85. The zero-order valence-electron chi connectivity index (χ0n) is 13.5. The molecule has 1 aromatic rings. The van der Waals surface area contributed by atoms with Crippen LogP contribution in [0.1, 0.15) is 51.5 Å². The number of halogens is 1. The third-order valence-electron chi connectivity index (χ3n) is 4.27. The first kappa shape index (κ1) is 16.6. The minimum atomic E-state index is 0.456. The van der Waals surface area contributed by atoms with E-state index in [4.69, 9.17) is 11.6 Å². The van der Waals surface area contributed by atoms with Gasteiger partial charge in [-0.2, -0.15) is 0 Å². The molecular formula is C17H28ClN3. The van der Waals surface area contributed by atoms with Gasteiger partial charge >= 0.3 is 0 Å². The largest absolute Gasteiger partial charge is 0.359 e. The quantitative estimate of drug-likeness (QED) is 0.851. The van der Waals surface area contributed by atoms with Crippen LogP contribution in [0, 0.1) is 5.92 Å². The van der Waals surface area contributed by atoms with Gasteiger partial charge in [0.05, 0.1) is 5.02 Å². The molecule has 0 amide bonds. The number of pyridine rings is 1. The zero-order chi connectivity index (χ0) is 15.2.